The number of hydrogen-bond donors (Lipinski definition) is 2. The Morgan fingerprint density at radius 2 is 2.42 bits per heavy atom. The van der Waals surface area contributed by atoms with Crippen molar-refractivity contribution in [2.24, 2.45) is 0 Å². The number of aliphatic hydroxyl groups is 1. The highest BCUT2D eigenvalue weighted by Crippen LogP contribution is 2.02. The number of ether oxygens (including phenoxy) is 2. The normalized spacial score (nSPS) is 32.5. The van der Waals surface area contributed by atoms with Gasteiger partial charge in [0.2, 0.25) is 0 Å². The molecule has 1 aliphatic rings. The minimum absolute atomic E-state index is 0.0530. The number of aliphatic hydroxyl groups excluding tert-OH is 1. The summed E-state index contributed by atoms with van der Waals surface area (Å²) < 4.78 is 10.6. The number of nitrogens with one attached hydrogen (secondary N) is 1. The molecule has 0 radical (unpaired) electrons. The van der Waals surface area contributed by atoms with Crippen molar-refractivity contribution in [2.75, 3.05) is 33.4 Å². The molecule has 4 nitrogen and oxygen atoms in total. The van der Waals surface area contributed by atoms with E-state index in [0.717, 1.165) is 13.0 Å². The highest BCUT2D eigenvalue weighted by molar-refractivity contribution is 4.69. The molecule has 1 unspecified atom stereocenters. The second kappa shape index (κ2) is 5.48. The van der Waals surface area contributed by atoms with Crippen molar-refractivity contribution in [3.8, 4) is 0 Å². The molecular weight excluding hydrogens is 158 g/mol. The van der Waals surface area contributed by atoms with Gasteiger partial charge in [-0.15, -0.1) is 0 Å². The van der Waals surface area contributed by atoms with E-state index in [9.17, 15) is 0 Å². The molecule has 0 aliphatic carbocycles. The molecule has 12 heavy (non-hydrogen) atoms. The Hall–Kier alpha value is -0.160. The summed E-state index contributed by atoms with van der Waals surface area (Å²) in [6.07, 6.45) is 1.08. The van der Waals surface area contributed by atoms with Crippen molar-refractivity contribution in [2.45, 2.75) is 18.6 Å². The molecule has 4 heteroatoms. The van der Waals surface area contributed by atoms with Crippen LogP contribution in [0, 0.1) is 0 Å². The Labute approximate surface area is 72.9 Å². The van der Waals surface area contributed by atoms with Crippen LogP contribution in [0.3, 0.4) is 0 Å². The number of hydrogen-bond acceptors (Lipinski definition) is 4. The van der Waals surface area contributed by atoms with Crippen LogP contribution in [0.5, 0.6) is 0 Å². The third-order valence-electron chi connectivity index (χ3n) is 2.07. The third-order valence-corrected chi connectivity index (χ3v) is 2.07. The van der Waals surface area contributed by atoms with Gasteiger partial charge in [-0.3, -0.25) is 0 Å². The van der Waals surface area contributed by atoms with Crippen molar-refractivity contribution in [3.05, 3.63) is 0 Å². The highest BCUT2D eigenvalue weighted by Gasteiger charge is 2.14. The molecule has 72 valence electrons. The van der Waals surface area contributed by atoms with E-state index in [1.165, 1.54) is 0 Å². The van der Waals surface area contributed by atoms with Gasteiger partial charge in [0, 0.05) is 26.8 Å². The molecule has 1 rings (SSSR count). The summed E-state index contributed by atoms with van der Waals surface area (Å²) in [5.74, 6) is 0. The molecular formula is C8H17NO3. The van der Waals surface area contributed by atoms with Crippen LogP contribution < -0.4 is 5.32 Å². The van der Waals surface area contributed by atoms with E-state index < -0.39 is 0 Å². The van der Waals surface area contributed by atoms with Gasteiger partial charge in [0.05, 0.1) is 18.8 Å². The molecule has 1 saturated heterocycles. The van der Waals surface area contributed by atoms with Crippen LogP contribution in [0.2, 0.25) is 0 Å². The summed E-state index contributed by atoms with van der Waals surface area (Å²) in [6.45, 7) is 2.31. The molecule has 0 spiro atoms. The Bertz CT molecular complexity index is 98.9. The Balaban J connectivity index is 2.24. The van der Waals surface area contributed by atoms with Crippen LogP contribution in [-0.4, -0.2) is 50.7 Å². The maximum atomic E-state index is 8.83. The summed E-state index contributed by atoms with van der Waals surface area (Å²) in [5, 5.41) is 12.0. The first-order valence-electron chi connectivity index (χ1n) is 4.32. The fourth-order valence-corrected chi connectivity index (χ4v) is 1.25. The van der Waals surface area contributed by atoms with Crippen LogP contribution >= 0.6 is 0 Å². The monoisotopic (exact) mass is 175 g/mol. The molecule has 1 aliphatic heterocycles. The van der Waals surface area contributed by atoms with Crippen LogP contribution in [0.25, 0.3) is 0 Å². The Morgan fingerprint density at radius 3 is 3.08 bits per heavy atom. The van der Waals surface area contributed by atoms with Gasteiger partial charge in [-0.25, -0.2) is 0 Å². The lowest BCUT2D eigenvalue weighted by Gasteiger charge is -2.24. The van der Waals surface area contributed by atoms with E-state index in [0.29, 0.717) is 13.2 Å². The van der Waals surface area contributed by atoms with Crippen molar-refractivity contribution < 1.29 is 14.6 Å². The zero-order valence-corrected chi connectivity index (χ0v) is 7.45. The van der Waals surface area contributed by atoms with Crippen LogP contribution in [0.15, 0.2) is 0 Å². The molecule has 1 fully saturated rings. The van der Waals surface area contributed by atoms with Crippen molar-refractivity contribution in [1.82, 2.24) is 5.32 Å². The standard InChI is InChI=1S/C8H17NO3/c1-11-7-2-3-12-8(6-10)5-9-4-7/h7-10H,2-6H2,1H3/t7?,8-/m0/s1. The summed E-state index contributed by atoms with van der Waals surface area (Å²) in [5.41, 5.74) is 0. The fourth-order valence-electron chi connectivity index (χ4n) is 1.25. The van der Waals surface area contributed by atoms with Crippen molar-refractivity contribution in [1.29, 1.82) is 0 Å². The molecule has 1 heterocycles. The first-order chi connectivity index (χ1) is 5.86. The summed E-state index contributed by atoms with van der Waals surface area (Å²) in [6, 6.07) is 0. The second-order valence-corrected chi connectivity index (χ2v) is 2.98. The van der Waals surface area contributed by atoms with Crippen LogP contribution in [-0.2, 0) is 9.47 Å². The molecule has 2 atom stereocenters. The van der Waals surface area contributed by atoms with Crippen LogP contribution in [0.4, 0.5) is 0 Å². The topological polar surface area (TPSA) is 50.7 Å². The molecule has 0 aromatic rings. The number of rotatable bonds is 2. The molecule has 0 amide bonds. The molecule has 0 aromatic heterocycles. The van der Waals surface area contributed by atoms with E-state index in [4.69, 9.17) is 14.6 Å². The lowest BCUT2D eigenvalue weighted by molar-refractivity contribution is -0.0231. The van der Waals surface area contributed by atoms with Crippen molar-refractivity contribution >= 4 is 0 Å². The van der Waals surface area contributed by atoms with Gasteiger partial charge >= 0.3 is 0 Å². The highest BCUT2D eigenvalue weighted by atomic mass is 16.5. The Kier molecular flexibility index (Phi) is 4.53. The predicted molar refractivity (Wildman–Crippen MR) is 45.1 cm³/mol. The van der Waals surface area contributed by atoms with E-state index in [1.807, 2.05) is 0 Å². The molecule has 2 N–H and O–H groups in total. The lowest BCUT2D eigenvalue weighted by Crippen LogP contribution is -2.40. The van der Waals surface area contributed by atoms with Crippen LogP contribution in [0.1, 0.15) is 6.42 Å². The quantitative estimate of drug-likeness (QED) is 0.587. The van der Waals surface area contributed by atoms with Gasteiger partial charge in [0.15, 0.2) is 0 Å². The SMILES string of the molecule is COC1CCO[C@H](CO)CNC1. The summed E-state index contributed by atoms with van der Waals surface area (Å²) in [7, 11) is 1.71. The molecule has 0 saturated carbocycles. The zero-order chi connectivity index (χ0) is 8.81. The van der Waals surface area contributed by atoms with Gasteiger partial charge < -0.3 is 19.9 Å². The lowest BCUT2D eigenvalue weighted by atomic mass is 10.2. The molecule has 0 aromatic carbocycles. The first-order valence-corrected chi connectivity index (χ1v) is 4.32. The summed E-state index contributed by atoms with van der Waals surface area (Å²) >= 11 is 0. The maximum Gasteiger partial charge on any atom is 0.0929 e. The average molecular weight is 175 g/mol. The van der Waals surface area contributed by atoms with Gasteiger partial charge in [-0.1, -0.05) is 0 Å². The molecule has 0 bridgehead atoms. The zero-order valence-electron chi connectivity index (χ0n) is 7.45. The predicted octanol–water partition coefficient (Wildman–Crippen LogP) is -0.628. The second-order valence-electron chi connectivity index (χ2n) is 2.98. The van der Waals surface area contributed by atoms with E-state index in [-0.39, 0.29) is 18.8 Å². The first kappa shape index (κ1) is 9.92. The van der Waals surface area contributed by atoms with Gasteiger partial charge in [0.1, 0.15) is 0 Å². The van der Waals surface area contributed by atoms with Gasteiger partial charge in [-0.05, 0) is 6.42 Å². The third kappa shape index (κ3) is 3.06. The minimum atomic E-state index is -0.0530. The largest absolute Gasteiger partial charge is 0.394 e. The van der Waals surface area contributed by atoms with Crippen molar-refractivity contribution in [3.63, 3.8) is 0 Å². The van der Waals surface area contributed by atoms with Gasteiger partial charge in [-0.2, -0.15) is 0 Å². The maximum absolute atomic E-state index is 8.83. The fraction of sp³-hybridized carbons (Fsp3) is 1.00. The summed E-state index contributed by atoms with van der Waals surface area (Å²) in [4.78, 5) is 0. The minimum Gasteiger partial charge on any atom is -0.394 e. The van der Waals surface area contributed by atoms with Gasteiger partial charge in [0.25, 0.3) is 0 Å². The number of methoxy groups -OCH3 is 1. The van der Waals surface area contributed by atoms with E-state index in [1.54, 1.807) is 7.11 Å². The van der Waals surface area contributed by atoms with E-state index >= 15 is 0 Å². The van der Waals surface area contributed by atoms with E-state index in [2.05, 4.69) is 5.32 Å². The smallest absolute Gasteiger partial charge is 0.0929 e. The Morgan fingerprint density at radius 1 is 1.58 bits per heavy atom. The average Bonchev–Trinajstić information content (AvgIpc) is 2.05.